The van der Waals surface area contributed by atoms with Crippen LogP contribution in [0, 0.1) is 0 Å². The highest BCUT2D eigenvalue weighted by Gasteiger charge is 2.29. The summed E-state index contributed by atoms with van der Waals surface area (Å²) in [6, 6.07) is 15.6. The van der Waals surface area contributed by atoms with Crippen molar-refractivity contribution in [1.82, 2.24) is 10.2 Å². The molecule has 3 rings (SSSR count). The van der Waals surface area contributed by atoms with Gasteiger partial charge in [0, 0.05) is 16.6 Å². The van der Waals surface area contributed by atoms with Crippen LogP contribution in [0.15, 0.2) is 58.7 Å². The number of hydrogen-bond acceptors (Lipinski definition) is 3. The van der Waals surface area contributed by atoms with Gasteiger partial charge in [-0.1, -0.05) is 53.2 Å². The number of rotatable bonds is 6. The normalized spacial score (nSPS) is 15.5. The lowest BCUT2D eigenvalue weighted by Crippen LogP contribution is -2.31. The van der Waals surface area contributed by atoms with Gasteiger partial charge in [-0.05, 0) is 48.5 Å². The summed E-state index contributed by atoms with van der Waals surface area (Å²) >= 11 is 8.68. The SMILES string of the molecule is CCCN1C(=O)C(=Cc2ccccc2OCc2ccc(Br)cc2)NC1=S. The lowest BCUT2D eigenvalue weighted by Gasteiger charge is -2.11. The van der Waals surface area contributed by atoms with E-state index in [2.05, 4.69) is 21.2 Å². The van der Waals surface area contributed by atoms with Crippen molar-refractivity contribution in [3.05, 3.63) is 69.8 Å². The Balaban J connectivity index is 1.78. The first-order valence-electron chi connectivity index (χ1n) is 8.39. The fraction of sp³-hybridized carbons (Fsp3) is 0.200. The molecule has 0 radical (unpaired) electrons. The number of amides is 1. The van der Waals surface area contributed by atoms with E-state index in [0.29, 0.717) is 24.0 Å². The van der Waals surface area contributed by atoms with Crippen molar-refractivity contribution in [2.75, 3.05) is 6.54 Å². The summed E-state index contributed by atoms with van der Waals surface area (Å²) in [6.07, 6.45) is 2.65. The zero-order chi connectivity index (χ0) is 18.5. The van der Waals surface area contributed by atoms with Gasteiger partial charge >= 0.3 is 0 Å². The summed E-state index contributed by atoms with van der Waals surface area (Å²) in [5, 5.41) is 3.46. The third kappa shape index (κ3) is 4.31. The number of nitrogens with zero attached hydrogens (tertiary/aromatic N) is 1. The number of nitrogens with one attached hydrogen (secondary N) is 1. The first kappa shape index (κ1) is 18.6. The van der Waals surface area contributed by atoms with Crippen LogP contribution in [0.3, 0.4) is 0 Å². The van der Waals surface area contributed by atoms with Gasteiger partial charge in [0.2, 0.25) is 0 Å². The monoisotopic (exact) mass is 430 g/mol. The number of benzene rings is 2. The van der Waals surface area contributed by atoms with E-state index in [1.54, 1.807) is 11.0 Å². The minimum absolute atomic E-state index is 0.0976. The molecule has 1 amide bonds. The molecule has 0 bridgehead atoms. The molecule has 0 unspecified atom stereocenters. The Morgan fingerprint density at radius 1 is 1.19 bits per heavy atom. The molecule has 134 valence electrons. The average Bonchev–Trinajstić information content (AvgIpc) is 2.90. The summed E-state index contributed by atoms with van der Waals surface area (Å²) in [5.41, 5.74) is 2.38. The predicted molar refractivity (Wildman–Crippen MR) is 111 cm³/mol. The molecule has 2 aromatic carbocycles. The second-order valence-electron chi connectivity index (χ2n) is 5.90. The molecule has 1 saturated heterocycles. The molecule has 0 atom stereocenters. The van der Waals surface area contributed by atoms with Crippen LogP contribution in [0.4, 0.5) is 0 Å². The predicted octanol–water partition coefficient (Wildman–Crippen LogP) is 4.50. The molecule has 0 aromatic heterocycles. The standard InChI is InChI=1S/C20H19BrN2O2S/c1-2-11-23-19(24)17(22-20(23)26)12-15-5-3-4-6-18(15)25-13-14-7-9-16(21)10-8-14/h3-10,12H,2,11,13H2,1H3,(H,22,26). The molecule has 2 aromatic rings. The van der Waals surface area contributed by atoms with E-state index in [1.807, 2.05) is 55.5 Å². The van der Waals surface area contributed by atoms with Crippen LogP contribution >= 0.6 is 28.1 Å². The number of thiocarbonyl (C=S) groups is 1. The minimum atomic E-state index is -0.0976. The third-order valence-corrected chi connectivity index (χ3v) is 4.79. The highest BCUT2D eigenvalue weighted by atomic mass is 79.9. The summed E-state index contributed by atoms with van der Waals surface area (Å²) in [5.74, 6) is 0.622. The number of ether oxygens (including phenoxy) is 1. The Morgan fingerprint density at radius 2 is 1.92 bits per heavy atom. The van der Waals surface area contributed by atoms with Gasteiger partial charge in [-0.15, -0.1) is 0 Å². The molecule has 1 N–H and O–H groups in total. The summed E-state index contributed by atoms with van der Waals surface area (Å²) < 4.78 is 7.00. The second kappa shape index (κ2) is 8.47. The molecular formula is C20H19BrN2O2S. The second-order valence-corrected chi connectivity index (χ2v) is 7.20. The van der Waals surface area contributed by atoms with Crippen LogP contribution in [-0.4, -0.2) is 22.5 Å². The fourth-order valence-corrected chi connectivity index (χ4v) is 3.18. The van der Waals surface area contributed by atoms with E-state index in [-0.39, 0.29) is 5.91 Å². The van der Waals surface area contributed by atoms with Crippen molar-refractivity contribution >= 4 is 45.2 Å². The molecule has 4 nitrogen and oxygen atoms in total. The van der Waals surface area contributed by atoms with Crippen LogP contribution < -0.4 is 10.1 Å². The Bertz CT molecular complexity index is 849. The van der Waals surface area contributed by atoms with E-state index in [4.69, 9.17) is 17.0 Å². The molecule has 0 aliphatic carbocycles. The van der Waals surface area contributed by atoms with Gasteiger partial charge in [-0.25, -0.2) is 0 Å². The van der Waals surface area contributed by atoms with Crippen molar-refractivity contribution in [3.63, 3.8) is 0 Å². The smallest absolute Gasteiger partial charge is 0.276 e. The number of hydrogen-bond donors (Lipinski definition) is 1. The van der Waals surface area contributed by atoms with Gasteiger partial charge in [0.25, 0.3) is 5.91 Å². The summed E-state index contributed by atoms with van der Waals surface area (Å²) in [4.78, 5) is 14.1. The minimum Gasteiger partial charge on any atom is -0.488 e. The van der Waals surface area contributed by atoms with Gasteiger partial charge in [-0.2, -0.15) is 0 Å². The fourth-order valence-electron chi connectivity index (χ4n) is 2.63. The van der Waals surface area contributed by atoms with E-state index in [9.17, 15) is 4.79 Å². The van der Waals surface area contributed by atoms with Crippen LogP contribution in [0.5, 0.6) is 5.75 Å². The van der Waals surface area contributed by atoms with Gasteiger partial charge in [0.1, 0.15) is 18.1 Å². The summed E-state index contributed by atoms with van der Waals surface area (Å²) in [7, 11) is 0. The van der Waals surface area contributed by atoms with Gasteiger partial charge in [0.05, 0.1) is 0 Å². The lowest BCUT2D eigenvalue weighted by atomic mass is 10.1. The van der Waals surface area contributed by atoms with Crippen LogP contribution in [0.1, 0.15) is 24.5 Å². The molecule has 1 heterocycles. The van der Waals surface area contributed by atoms with Crippen molar-refractivity contribution in [2.45, 2.75) is 20.0 Å². The highest BCUT2D eigenvalue weighted by Crippen LogP contribution is 2.24. The average molecular weight is 431 g/mol. The van der Waals surface area contributed by atoms with Crippen molar-refractivity contribution < 1.29 is 9.53 Å². The maximum Gasteiger partial charge on any atom is 0.276 e. The van der Waals surface area contributed by atoms with Gasteiger partial charge in [0.15, 0.2) is 5.11 Å². The topological polar surface area (TPSA) is 41.6 Å². The maximum atomic E-state index is 12.5. The van der Waals surface area contributed by atoms with Gasteiger partial charge in [-0.3, -0.25) is 9.69 Å². The van der Waals surface area contributed by atoms with E-state index in [1.165, 1.54) is 0 Å². The Kier molecular flexibility index (Phi) is 6.06. The van der Waals surface area contributed by atoms with E-state index >= 15 is 0 Å². The molecular weight excluding hydrogens is 412 g/mol. The molecule has 0 saturated carbocycles. The van der Waals surface area contributed by atoms with E-state index in [0.717, 1.165) is 27.8 Å². The first-order valence-corrected chi connectivity index (χ1v) is 9.59. The largest absolute Gasteiger partial charge is 0.488 e. The molecule has 1 fully saturated rings. The van der Waals surface area contributed by atoms with Crippen molar-refractivity contribution in [1.29, 1.82) is 0 Å². The lowest BCUT2D eigenvalue weighted by molar-refractivity contribution is -0.122. The number of carbonyl (C=O) groups excluding carboxylic acids is 1. The van der Waals surface area contributed by atoms with Crippen molar-refractivity contribution in [2.24, 2.45) is 0 Å². The maximum absolute atomic E-state index is 12.5. The molecule has 26 heavy (non-hydrogen) atoms. The van der Waals surface area contributed by atoms with Crippen molar-refractivity contribution in [3.8, 4) is 5.75 Å². The zero-order valence-corrected chi connectivity index (χ0v) is 16.8. The Hall–Kier alpha value is -2.18. The molecule has 1 aliphatic heterocycles. The Labute approximate surface area is 167 Å². The molecule has 0 spiro atoms. The highest BCUT2D eigenvalue weighted by molar-refractivity contribution is 9.10. The van der Waals surface area contributed by atoms with Gasteiger partial charge < -0.3 is 10.1 Å². The molecule has 6 heteroatoms. The summed E-state index contributed by atoms with van der Waals surface area (Å²) in [6.45, 7) is 3.09. The zero-order valence-electron chi connectivity index (χ0n) is 14.4. The third-order valence-electron chi connectivity index (χ3n) is 3.94. The van der Waals surface area contributed by atoms with Crippen LogP contribution in [0.2, 0.25) is 0 Å². The Morgan fingerprint density at radius 3 is 2.65 bits per heavy atom. The number of para-hydroxylation sites is 1. The quantitative estimate of drug-likeness (QED) is 0.541. The number of carbonyl (C=O) groups is 1. The first-order chi connectivity index (χ1) is 12.6. The van der Waals surface area contributed by atoms with Crippen LogP contribution in [-0.2, 0) is 11.4 Å². The van der Waals surface area contributed by atoms with E-state index < -0.39 is 0 Å². The molecule has 1 aliphatic rings. The number of halogens is 1. The van der Waals surface area contributed by atoms with Crippen LogP contribution in [0.25, 0.3) is 6.08 Å².